The lowest BCUT2D eigenvalue weighted by molar-refractivity contribution is -0.133. The topological polar surface area (TPSA) is 97.9 Å². The lowest BCUT2D eigenvalue weighted by atomic mass is 10.2. The Hall–Kier alpha value is -2.71. The second-order valence-corrected chi connectivity index (χ2v) is 8.25. The van der Waals surface area contributed by atoms with E-state index in [2.05, 4.69) is 20.7 Å². The van der Waals surface area contributed by atoms with E-state index in [9.17, 15) is 9.59 Å². The van der Waals surface area contributed by atoms with E-state index in [1.165, 1.54) is 12.8 Å². The molecule has 0 spiro atoms. The molecule has 0 aromatic carbocycles. The van der Waals surface area contributed by atoms with Crippen molar-refractivity contribution >= 4 is 11.8 Å². The fourth-order valence-corrected chi connectivity index (χ4v) is 4.44. The average molecular weight is 399 g/mol. The van der Waals surface area contributed by atoms with Gasteiger partial charge >= 0.3 is 0 Å². The molecule has 9 heteroatoms. The van der Waals surface area contributed by atoms with Gasteiger partial charge in [0.25, 0.3) is 5.91 Å². The van der Waals surface area contributed by atoms with E-state index >= 15 is 0 Å². The van der Waals surface area contributed by atoms with Crippen LogP contribution in [-0.4, -0.2) is 60.1 Å². The molecule has 1 aliphatic heterocycles. The van der Waals surface area contributed by atoms with Crippen LogP contribution in [0.4, 0.5) is 0 Å². The zero-order valence-electron chi connectivity index (χ0n) is 17.2. The predicted molar refractivity (Wildman–Crippen MR) is 106 cm³/mol. The third-order valence-corrected chi connectivity index (χ3v) is 5.95. The molecule has 1 atom stereocenters. The number of hydrogen-bond donors (Lipinski definition) is 1. The molecule has 1 saturated heterocycles. The number of amides is 2. The Morgan fingerprint density at radius 1 is 1.17 bits per heavy atom. The molecule has 0 radical (unpaired) electrons. The summed E-state index contributed by atoms with van der Waals surface area (Å²) in [6, 6.07) is 2.29. The Bertz CT molecular complexity index is 881. The number of rotatable bonds is 6. The summed E-state index contributed by atoms with van der Waals surface area (Å²) in [5, 5.41) is 15.6. The third kappa shape index (κ3) is 4.49. The summed E-state index contributed by atoms with van der Waals surface area (Å²) in [6.07, 6.45) is 7.99. The van der Waals surface area contributed by atoms with Crippen LogP contribution in [0, 0.1) is 13.8 Å². The van der Waals surface area contributed by atoms with E-state index in [1.54, 1.807) is 15.6 Å². The van der Waals surface area contributed by atoms with Gasteiger partial charge in [0.2, 0.25) is 5.91 Å². The smallest absolute Gasteiger partial charge is 0.273 e. The van der Waals surface area contributed by atoms with Crippen molar-refractivity contribution in [2.45, 2.75) is 77.5 Å². The monoisotopic (exact) mass is 399 g/mol. The third-order valence-electron chi connectivity index (χ3n) is 5.95. The highest BCUT2D eigenvalue weighted by Gasteiger charge is 2.30. The Kier molecular flexibility index (Phi) is 5.64. The van der Waals surface area contributed by atoms with Gasteiger partial charge in [-0.3, -0.25) is 14.3 Å². The molecule has 2 aromatic heterocycles. The second kappa shape index (κ2) is 8.34. The highest BCUT2D eigenvalue weighted by atomic mass is 16.2. The van der Waals surface area contributed by atoms with E-state index in [-0.39, 0.29) is 30.4 Å². The molecule has 3 heterocycles. The average Bonchev–Trinajstić information content (AvgIpc) is 3.45. The SMILES string of the molecule is Cc1cc(C)n(CC(=O)N2CCC[C@H]2Cn2cc(C(=O)NC3CCCC3)nn2)n1. The Balaban J connectivity index is 1.36. The van der Waals surface area contributed by atoms with E-state index in [4.69, 9.17) is 0 Å². The highest BCUT2D eigenvalue weighted by molar-refractivity contribution is 5.92. The highest BCUT2D eigenvalue weighted by Crippen LogP contribution is 2.20. The zero-order valence-corrected chi connectivity index (χ0v) is 17.2. The maximum Gasteiger partial charge on any atom is 0.273 e. The molecule has 156 valence electrons. The number of hydrogen-bond acceptors (Lipinski definition) is 5. The normalized spacial score (nSPS) is 19.8. The number of likely N-dealkylation sites (tertiary alicyclic amines) is 1. The second-order valence-electron chi connectivity index (χ2n) is 8.25. The van der Waals surface area contributed by atoms with Crippen LogP contribution in [0.2, 0.25) is 0 Å². The van der Waals surface area contributed by atoms with Crippen molar-refractivity contribution in [3.63, 3.8) is 0 Å². The maximum absolute atomic E-state index is 12.8. The number of carbonyl (C=O) groups excluding carboxylic acids is 2. The molecule has 29 heavy (non-hydrogen) atoms. The van der Waals surface area contributed by atoms with Gasteiger partial charge in [0.05, 0.1) is 24.5 Å². The molecule has 0 bridgehead atoms. The molecule has 2 fully saturated rings. The Morgan fingerprint density at radius 2 is 1.97 bits per heavy atom. The molecule has 1 saturated carbocycles. The van der Waals surface area contributed by atoms with Crippen LogP contribution in [0.5, 0.6) is 0 Å². The first-order valence-electron chi connectivity index (χ1n) is 10.5. The molecular formula is C20H29N7O2. The largest absolute Gasteiger partial charge is 0.348 e. The lowest BCUT2D eigenvalue weighted by Gasteiger charge is -2.24. The van der Waals surface area contributed by atoms with E-state index < -0.39 is 0 Å². The van der Waals surface area contributed by atoms with E-state index in [0.29, 0.717) is 12.2 Å². The van der Waals surface area contributed by atoms with Crippen molar-refractivity contribution in [3.8, 4) is 0 Å². The maximum atomic E-state index is 12.8. The van der Waals surface area contributed by atoms with Gasteiger partial charge < -0.3 is 10.2 Å². The summed E-state index contributed by atoms with van der Waals surface area (Å²) in [7, 11) is 0. The van der Waals surface area contributed by atoms with E-state index in [1.807, 2.05) is 24.8 Å². The summed E-state index contributed by atoms with van der Waals surface area (Å²) in [5.74, 6) is -0.0925. The minimum Gasteiger partial charge on any atom is -0.348 e. The van der Waals surface area contributed by atoms with Crippen molar-refractivity contribution in [3.05, 3.63) is 29.3 Å². The Labute approximate surface area is 170 Å². The van der Waals surface area contributed by atoms with Crippen LogP contribution < -0.4 is 5.32 Å². The van der Waals surface area contributed by atoms with Crippen molar-refractivity contribution in [2.24, 2.45) is 0 Å². The lowest BCUT2D eigenvalue weighted by Crippen LogP contribution is -2.40. The Morgan fingerprint density at radius 3 is 2.69 bits per heavy atom. The summed E-state index contributed by atoms with van der Waals surface area (Å²) in [5.41, 5.74) is 2.25. The fourth-order valence-electron chi connectivity index (χ4n) is 4.44. The molecule has 2 aliphatic rings. The molecule has 1 N–H and O–H groups in total. The number of aryl methyl sites for hydroxylation is 2. The van der Waals surface area contributed by atoms with E-state index in [0.717, 1.165) is 43.6 Å². The van der Waals surface area contributed by atoms with Gasteiger partial charge in [0.15, 0.2) is 5.69 Å². The van der Waals surface area contributed by atoms with Gasteiger partial charge in [-0.25, -0.2) is 4.68 Å². The molecule has 4 rings (SSSR count). The fraction of sp³-hybridized carbons (Fsp3) is 0.650. The van der Waals surface area contributed by atoms with Crippen LogP contribution in [0.1, 0.15) is 60.4 Å². The van der Waals surface area contributed by atoms with Gasteiger partial charge in [-0.05, 0) is 45.6 Å². The van der Waals surface area contributed by atoms with Crippen molar-refractivity contribution in [1.82, 2.24) is 35.0 Å². The summed E-state index contributed by atoms with van der Waals surface area (Å²) in [4.78, 5) is 27.1. The number of aromatic nitrogens is 5. The van der Waals surface area contributed by atoms with Crippen molar-refractivity contribution < 1.29 is 9.59 Å². The minimum absolute atomic E-state index is 0.0620. The molecule has 2 aromatic rings. The summed E-state index contributed by atoms with van der Waals surface area (Å²) < 4.78 is 3.44. The molecule has 9 nitrogen and oxygen atoms in total. The first-order valence-corrected chi connectivity index (χ1v) is 10.5. The van der Waals surface area contributed by atoms with Gasteiger partial charge in [-0.2, -0.15) is 5.10 Å². The van der Waals surface area contributed by atoms with Crippen molar-refractivity contribution in [1.29, 1.82) is 0 Å². The van der Waals surface area contributed by atoms with Crippen LogP contribution in [0.25, 0.3) is 0 Å². The standard InChI is InChI=1S/C20H29N7O2/c1-14-10-15(2)27(23-14)13-19(28)26-9-5-8-17(26)11-25-12-18(22-24-25)20(29)21-16-6-3-4-7-16/h10,12,16-17H,3-9,11,13H2,1-2H3,(H,21,29)/t17-/m0/s1. The van der Waals surface area contributed by atoms with Gasteiger partial charge in [0.1, 0.15) is 6.54 Å². The van der Waals surface area contributed by atoms with Gasteiger partial charge in [-0.15, -0.1) is 5.10 Å². The van der Waals surface area contributed by atoms with Crippen LogP contribution in [0.3, 0.4) is 0 Å². The minimum atomic E-state index is -0.160. The molecular weight excluding hydrogens is 370 g/mol. The molecule has 1 aliphatic carbocycles. The van der Waals surface area contributed by atoms with Crippen LogP contribution in [0.15, 0.2) is 12.3 Å². The quantitative estimate of drug-likeness (QED) is 0.793. The predicted octanol–water partition coefficient (Wildman–Crippen LogP) is 1.46. The summed E-state index contributed by atoms with van der Waals surface area (Å²) >= 11 is 0. The van der Waals surface area contributed by atoms with Crippen LogP contribution in [-0.2, 0) is 17.9 Å². The summed E-state index contributed by atoms with van der Waals surface area (Å²) in [6.45, 7) is 5.43. The number of carbonyl (C=O) groups is 2. The van der Waals surface area contributed by atoms with Gasteiger partial charge in [0, 0.05) is 18.3 Å². The van der Waals surface area contributed by atoms with Gasteiger partial charge in [-0.1, -0.05) is 18.1 Å². The molecule has 0 unspecified atom stereocenters. The van der Waals surface area contributed by atoms with Crippen molar-refractivity contribution in [2.75, 3.05) is 6.54 Å². The number of nitrogens with one attached hydrogen (secondary N) is 1. The first kappa shape index (κ1) is 19.6. The molecule has 2 amide bonds. The zero-order chi connectivity index (χ0) is 20.4. The first-order chi connectivity index (χ1) is 14.0. The van der Waals surface area contributed by atoms with Crippen LogP contribution >= 0.6 is 0 Å². The number of nitrogens with zero attached hydrogens (tertiary/aromatic N) is 6.